The van der Waals surface area contributed by atoms with Crippen molar-refractivity contribution < 1.29 is 9.53 Å². The van der Waals surface area contributed by atoms with Crippen molar-refractivity contribution in [2.24, 2.45) is 0 Å². The average molecular weight is 154 g/mol. The highest BCUT2D eigenvalue weighted by Gasteiger charge is 2.10. The summed E-state index contributed by atoms with van der Waals surface area (Å²) in [6.45, 7) is 3.69. The first-order valence-corrected chi connectivity index (χ1v) is 3.26. The third-order valence-corrected chi connectivity index (χ3v) is 1.51. The molecule has 4 heteroatoms. The van der Waals surface area contributed by atoms with E-state index < -0.39 is 5.97 Å². The van der Waals surface area contributed by atoms with Crippen LogP contribution >= 0.6 is 0 Å². The monoisotopic (exact) mass is 154 g/mol. The van der Waals surface area contributed by atoms with Crippen molar-refractivity contribution in [1.29, 1.82) is 0 Å². The van der Waals surface area contributed by atoms with Crippen LogP contribution in [0.15, 0.2) is 0 Å². The number of hydrogen-bond acceptors (Lipinski definition) is 3. The smallest absolute Gasteiger partial charge is 0.374 e. The minimum atomic E-state index is -0.429. The van der Waals surface area contributed by atoms with Crippen LogP contribution in [0.25, 0.3) is 0 Å². The summed E-state index contributed by atoms with van der Waals surface area (Å²) in [5.74, 6) is -0.163. The van der Waals surface area contributed by atoms with Crippen LogP contribution in [0.5, 0.6) is 0 Å². The molecule has 0 aliphatic heterocycles. The highest BCUT2D eigenvalue weighted by atomic mass is 16.5. The maximum absolute atomic E-state index is 10.9. The van der Waals surface area contributed by atoms with Gasteiger partial charge >= 0.3 is 5.97 Å². The summed E-state index contributed by atoms with van der Waals surface area (Å²) in [6.07, 6.45) is 0. The molecule has 0 bridgehead atoms. The van der Waals surface area contributed by atoms with Gasteiger partial charge in [0.2, 0.25) is 5.82 Å². The first kappa shape index (κ1) is 7.78. The van der Waals surface area contributed by atoms with Crippen molar-refractivity contribution in [3.05, 3.63) is 17.2 Å². The Morgan fingerprint density at radius 1 is 1.55 bits per heavy atom. The van der Waals surface area contributed by atoms with Crippen molar-refractivity contribution in [3.63, 3.8) is 0 Å². The van der Waals surface area contributed by atoms with Gasteiger partial charge in [0, 0.05) is 5.69 Å². The van der Waals surface area contributed by atoms with E-state index in [4.69, 9.17) is 0 Å². The van der Waals surface area contributed by atoms with Crippen molar-refractivity contribution in [1.82, 2.24) is 9.97 Å². The molecule has 0 saturated carbocycles. The number of rotatable bonds is 1. The van der Waals surface area contributed by atoms with E-state index in [0.717, 1.165) is 11.4 Å². The summed E-state index contributed by atoms with van der Waals surface area (Å²) in [6, 6.07) is 0. The zero-order valence-corrected chi connectivity index (χ0v) is 6.76. The molecule has 0 fully saturated rings. The number of aromatic amines is 1. The number of ether oxygens (including phenoxy) is 1. The maximum Gasteiger partial charge on any atom is 0.374 e. The predicted octanol–water partition coefficient (Wildman–Crippen LogP) is 0.813. The van der Waals surface area contributed by atoms with E-state index >= 15 is 0 Å². The third-order valence-electron chi connectivity index (χ3n) is 1.51. The number of imidazole rings is 1. The molecule has 60 valence electrons. The zero-order valence-electron chi connectivity index (χ0n) is 6.76. The molecule has 0 spiro atoms. The first-order valence-electron chi connectivity index (χ1n) is 3.26. The van der Waals surface area contributed by atoms with Crippen LogP contribution < -0.4 is 0 Å². The number of nitrogens with zero attached hydrogens (tertiary/aromatic N) is 1. The minimum Gasteiger partial charge on any atom is -0.463 e. The quantitative estimate of drug-likeness (QED) is 0.609. The van der Waals surface area contributed by atoms with Crippen LogP contribution in [0.1, 0.15) is 22.0 Å². The van der Waals surface area contributed by atoms with Gasteiger partial charge in [0.05, 0.1) is 12.8 Å². The largest absolute Gasteiger partial charge is 0.463 e. The SMILES string of the molecule is COC(=O)c1nc(C)c(C)[nH]1. The van der Waals surface area contributed by atoms with Gasteiger partial charge in [0.15, 0.2) is 0 Å². The second-order valence-corrected chi connectivity index (χ2v) is 2.29. The molecule has 1 heterocycles. The number of nitrogens with one attached hydrogen (secondary N) is 1. The molecule has 1 aromatic heterocycles. The van der Waals surface area contributed by atoms with E-state index in [-0.39, 0.29) is 5.82 Å². The average Bonchev–Trinajstić information content (AvgIpc) is 2.31. The van der Waals surface area contributed by atoms with E-state index in [9.17, 15) is 4.79 Å². The Kier molecular flexibility index (Phi) is 1.94. The van der Waals surface area contributed by atoms with Gasteiger partial charge in [-0.3, -0.25) is 0 Å². The molecule has 11 heavy (non-hydrogen) atoms. The fourth-order valence-corrected chi connectivity index (χ4v) is 0.741. The molecule has 0 radical (unpaired) electrons. The van der Waals surface area contributed by atoms with Crippen LogP contribution in [0, 0.1) is 13.8 Å². The number of H-pyrrole nitrogens is 1. The van der Waals surface area contributed by atoms with Crippen LogP contribution in [0.4, 0.5) is 0 Å². The summed E-state index contributed by atoms with van der Waals surface area (Å²) >= 11 is 0. The number of esters is 1. The van der Waals surface area contributed by atoms with Gasteiger partial charge in [-0.1, -0.05) is 0 Å². The fourth-order valence-electron chi connectivity index (χ4n) is 0.741. The zero-order chi connectivity index (χ0) is 8.43. The molecule has 0 aliphatic carbocycles. The Balaban J connectivity index is 2.97. The third kappa shape index (κ3) is 1.39. The first-order chi connectivity index (χ1) is 5.15. The normalized spacial score (nSPS) is 9.73. The number of methoxy groups -OCH3 is 1. The van der Waals surface area contributed by atoms with Crippen LogP contribution in [0.3, 0.4) is 0 Å². The lowest BCUT2D eigenvalue weighted by Gasteiger charge is -1.90. The summed E-state index contributed by atoms with van der Waals surface area (Å²) in [7, 11) is 1.33. The molecule has 0 amide bonds. The lowest BCUT2D eigenvalue weighted by molar-refractivity contribution is 0.0588. The molecule has 1 N–H and O–H groups in total. The Morgan fingerprint density at radius 2 is 2.18 bits per heavy atom. The Hall–Kier alpha value is -1.32. The van der Waals surface area contributed by atoms with E-state index in [1.54, 1.807) is 0 Å². The highest BCUT2D eigenvalue weighted by Crippen LogP contribution is 2.02. The molecular formula is C7H10N2O2. The van der Waals surface area contributed by atoms with Gasteiger partial charge in [0.1, 0.15) is 0 Å². The Labute approximate surface area is 64.6 Å². The van der Waals surface area contributed by atoms with E-state index in [0.29, 0.717) is 0 Å². The molecular weight excluding hydrogens is 144 g/mol. The van der Waals surface area contributed by atoms with Crippen molar-refractivity contribution in [2.45, 2.75) is 13.8 Å². The second-order valence-electron chi connectivity index (χ2n) is 2.29. The fraction of sp³-hybridized carbons (Fsp3) is 0.429. The number of aromatic nitrogens is 2. The molecule has 0 atom stereocenters. The molecule has 0 aromatic carbocycles. The summed E-state index contributed by atoms with van der Waals surface area (Å²) < 4.78 is 4.47. The topological polar surface area (TPSA) is 55.0 Å². The van der Waals surface area contributed by atoms with Crippen LogP contribution in [-0.2, 0) is 4.74 Å². The molecule has 4 nitrogen and oxygen atoms in total. The summed E-state index contributed by atoms with van der Waals surface area (Å²) in [4.78, 5) is 17.6. The van der Waals surface area contributed by atoms with Crippen molar-refractivity contribution >= 4 is 5.97 Å². The van der Waals surface area contributed by atoms with Gasteiger partial charge in [-0.05, 0) is 13.8 Å². The molecule has 1 rings (SSSR count). The highest BCUT2D eigenvalue weighted by molar-refractivity contribution is 5.85. The second kappa shape index (κ2) is 2.74. The molecule has 0 unspecified atom stereocenters. The Bertz CT molecular complexity index is 258. The molecule has 1 aromatic rings. The molecule has 0 saturated heterocycles. The van der Waals surface area contributed by atoms with Gasteiger partial charge in [-0.15, -0.1) is 0 Å². The van der Waals surface area contributed by atoms with Crippen molar-refractivity contribution in [2.75, 3.05) is 7.11 Å². The van der Waals surface area contributed by atoms with Crippen LogP contribution in [0.2, 0.25) is 0 Å². The standard InChI is InChI=1S/C7H10N2O2/c1-4-5(2)9-6(8-4)7(10)11-3/h1-3H3,(H,8,9). The van der Waals surface area contributed by atoms with E-state index in [1.165, 1.54) is 7.11 Å². The lowest BCUT2D eigenvalue weighted by Crippen LogP contribution is -2.03. The Morgan fingerprint density at radius 3 is 2.55 bits per heavy atom. The minimum absolute atomic E-state index is 0.266. The van der Waals surface area contributed by atoms with Gasteiger partial charge in [-0.25, -0.2) is 9.78 Å². The van der Waals surface area contributed by atoms with Gasteiger partial charge in [0.25, 0.3) is 0 Å². The van der Waals surface area contributed by atoms with Gasteiger partial charge < -0.3 is 9.72 Å². The summed E-state index contributed by atoms with van der Waals surface area (Å²) in [5.41, 5.74) is 1.72. The number of carbonyl (C=O) groups is 1. The maximum atomic E-state index is 10.9. The van der Waals surface area contributed by atoms with Crippen LogP contribution in [-0.4, -0.2) is 23.0 Å². The van der Waals surface area contributed by atoms with E-state index in [1.807, 2.05) is 13.8 Å². The number of hydrogen-bond donors (Lipinski definition) is 1. The number of aryl methyl sites for hydroxylation is 2. The summed E-state index contributed by atoms with van der Waals surface area (Å²) in [5, 5.41) is 0. The lowest BCUT2D eigenvalue weighted by atomic mass is 10.4. The van der Waals surface area contributed by atoms with E-state index in [2.05, 4.69) is 14.7 Å². The van der Waals surface area contributed by atoms with Crippen molar-refractivity contribution in [3.8, 4) is 0 Å². The van der Waals surface area contributed by atoms with Gasteiger partial charge in [-0.2, -0.15) is 0 Å². The molecule has 0 aliphatic rings. The number of carbonyl (C=O) groups excluding carboxylic acids is 1. The predicted molar refractivity (Wildman–Crippen MR) is 39.4 cm³/mol.